The first-order valence-corrected chi connectivity index (χ1v) is 10.3. The summed E-state index contributed by atoms with van der Waals surface area (Å²) in [5.74, 6) is 0.510. The van der Waals surface area contributed by atoms with Crippen LogP contribution in [0.4, 0.5) is 11.4 Å². The van der Waals surface area contributed by atoms with Crippen molar-refractivity contribution < 1.29 is 9.53 Å². The van der Waals surface area contributed by atoms with Crippen LogP contribution >= 0.6 is 23.2 Å². The van der Waals surface area contributed by atoms with E-state index in [0.717, 1.165) is 44.1 Å². The molecule has 150 valence electrons. The number of hydrogen-bond acceptors (Lipinski definition) is 4. The summed E-state index contributed by atoms with van der Waals surface area (Å²) in [5.41, 5.74) is 1.91. The Bertz CT molecular complexity index is 808. The molecule has 0 atom stereocenters. The average molecular weight is 422 g/mol. The number of nitrogens with one attached hydrogen (secondary N) is 1. The number of para-hydroxylation sites is 2. The summed E-state index contributed by atoms with van der Waals surface area (Å²) in [6.45, 7) is 7.52. The Balaban J connectivity index is 1.53. The number of hydrogen-bond donors (Lipinski definition) is 1. The van der Waals surface area contributed by atoms with Crippen molar-refractivity contribution in [1.82, 2.24) is 4.90 Å². The number of ether oxygens (including phenoxy) is 1. The highest BCUT2D eigenvalue weighted by Gasteiger charge is 2.18. The van der Waals surface area contributed by atoms with E-state index in [2.05, 4.69) is 28.1 Å². The van der Waals surface area contributed by atoms with Crippen LogP contribution < -0.4 is 15.0 Å². The fourth-order valence-electron chi connectivity index (χ4n) is 3.20. The van der Waals surface area contributed by atoms with Gasteiger partial charge in [0, 0.05) is 32.2 Å². The van der Waals surface area contributed by atoms with Gasteiger partial charge in [0.1, 0.15) is 5.75 Å². The van der Waals surface area contributed by atoms with Crippen LogP contribution in [0.5, 0.6) is 5.75 Å². The van der Waals surface area contributed by atoms with Gasteiger partial charge >= 0.3 is 0 Å². The lowest BCUT2D eigenvalue weighted by atomic mass is 10.2. The van der Waals surface area contributed by atoms with Crippen molar-refractivity contribution in [1.29, 1.82) is 0 Å². The van der Waals surface area contributed by atoms with Gasteiger partial charge in [-0.1, -0.05) is 42.3 Å². The van der Waals surface area contributed by atoms with Gasteiger partial charge in [-0.2, -0.15) is 0 Å². The predicted octanol–water partition coefficient (Wildman–Crippen LogP) is 4.54. The van der Waals surface area contributed by atoms with E-state index in [1.54, 1.807) is 18.2 Å². The van der Waals surface area contributed by atoms with Crippen LogP contribution in [-0.2, 0) is 4.79 Å². The first-order chi connectivity index (χ1) is 13.6. The van der Waals surface area contributed by atoms with E-state index in [1.165, 1.54) is 0 Å². The van der Waals surface area contributed by atoms with Gasteiger partial charge in [-0.05, 0) is 30.8 Å². The lowest BCUT2D eigenvalue weighted by molar-refractivity contribution is -0.116. The summed E-state index contributed by atoms with van der Waals surface area (Å²) < 4.78 is 5.60. The number of halogens is 2. The van der Waals surface area contributed by atoms with Gasteiger partial charge in [-0.3, -0.25) is 4.79 Å². The van der Waals surface area contributed by atoms with Crippen LogP contribution in [0.15, 0.2) is 42.5 Å². The molecular weight excluding hydrogens is 397 g/mol. The average Bonchev–Trinajstić information content (AvgIpc) is 2.71. The van der Waals surface area contributed by atoms with Crippen LogP contribution in [-0.4, -0.2) is 50.1 Å². The second-order valence-electron chi connectivity index (χ2n) is 6.66. The molecule has 2 aromatic rings. The third-order valence-electron chi connectivity index (χ3n) is 4.83. The molecule has 0 unspecified atom stereocenters. The third-order valence-corrected chi connectivity index (χ3v) is 5.57. The van der Waals surface area contributed by atoms with Crippen molar-refractivity contribution in [2.75, 3.05) is 49.5 Å². The molecule has 3 rings (SSSR count). The fraction of sp³-hybridized carbons (Fsp3) is 0.381. The van der Waals surface area contributed by atoms with Gasteiger partial charge in [0.25, 0.3) is 0 Å². The van der Waals surface area contributed by atoms with Gasteiger partial charge in [0.15, 0.2) is 0 Å². The van der Waals surface area contributed by atoms with Gasteiger partial charge in [0.2, 0.25) is 5.91 Å². The molecule has 1 fully saturated rings. The molecule has 0 spiro atoms. The van der Waals surface area contributed by atoms with Crippen LogP contribution in [0.2, 0.25) is 10.0 Å². The molecule has 1 N–H and O–H groups in total. The number of carbonyl (C=O) groups is 1. The number of amides is 1. The largest absolute Gasteiger partial charge is 0.493 e. The van der Waals surface area contributed by atoms with Crippen LogP contribution in [0.1, 0.15) is 13.3 Å². The maximum atomic E-state index is 12.4. The van der Waals surface area contributed by atoms with E-state index in [0.29, 0.717) is 15.8 Å². The number of carbonyl (C=O) groups excluding carboxylic acids is 1. The summed E-state index contributed by atoms with van der Waals surface area (Å²) in [4.78, 5) is 17.1. The molecule has 1 heterocycles. The Morgan fingerprint density at radius 1 is 1.07 bits per heavy atom. The van der Waals surface area contributed by atoms with Crippen LogP contribution in [0, 0.1) is 0 Å². The standard InChI is InChI=1S/C21H25Cl2N3O2/c1-2-25-10-12-26(13-11-25)20-6-4-3-5-19(20)24-21(27)9-14-28-16-7-8-17(22)18(23)15-16/h3-8,15H,2,9-14H2,1H3,(H,24,27). The van der Waals surface area contributed by atoms with E-state index >= 15 is 0 Å². The number of rotatable bonds is 7. The number of piperazine rings is 1. The molecule has 7 heteroatoms. The van der Waals surface area contributed by atoms with Gasteiger partial charge < -0.3 is 19.9 Å². The van der Waals surface area contributed by atoms with Gasteiger partial charge in [0.05, 0.1) is 34.4 Å². The molecule has 0 bridgehead atoms. The third kappa shape index (κ3) is 5.53. The molecular formula is C21H25Cl2N3O2. The number of nitrogens with zero attached hydrogens (tertiary/aromatic N) is 2. The molecule has 5 nitrogen and oxygen atoms in total. The topological polar surface area (TPSA) is 44.8 Å². The van der Waals surface area contributed by atoms with E-state index in [-0.39, 0.29) is 18.9 Å². The first kappa shape index (κ1) is 20.8. The minimum absolute atomic E-state index is 0.0836. The molecule has 0 radical (unpaired) electrons. The molecule has 1 aliphatic heterocycles. The smallest absolute Gasteiger partial charge is 0.227 e. The molecule has 2 aromatic carbocycles. The van der Waals surface area contributed by atoms with Crippen molar-refractivity contribution >= 4 is 40.5 Å². The van der Waals surface area contributed by atoms with Crippen molar-refractivity contribution in [3.8, 4) is 5.75 Å². The number of benzene rings is 2. The predicted molar refractivity (Wildman–Crippen MR) is 116 cm³/mol. The Morgan fingerprint density at radius 2 is 1.82 bits per heavy atom. The van der Waals surface area contributed by atoms with Gasteiger partial charge in [-0.25, -0.2) is 0 Å². The second kappa shape index (κ2) is 10.0. The van der Waals surface area contributed by atoms with Gasteiger partial charge in [-0.15, -0.1) is 0 Å². The van der Waals surface area contributed by atoms with Crippen LogP contribution in [0.25, 0.3) is 0 Å². The molecule has 1 amide bonds. The Hall–Kier alpha value is -1.95. The summed E-state index contributed by atoms with van der Waals surface area (Å²) in [7, 11) is 0. The normalized spacial score (nSPS) is 14.8. The maximum absolute atomic E-state index is 12.4. The van der Waals surface area contributed by atoms with E-state index in [1.807, 2.05) is 18.2 Å². The van der Waals surface area contributed by atoms with Crippen molar-refractivity contribution in [3.63, 3.8) is 0 Å². The number of likely N-dealkylation sites (N-methyl/N-ethyl adjacent to an activating group) is 1. The Labute approximate surface area is 176 Å². The monoisotopic (exact) mass is 421 g/mol. The quantitative estimate of drug-likeness (QED) is 0.712. The van der Waals surface area contributed by atoms with E-state index in [9.17, 15) is 4.79 Å². The van der Waals surface area contributed by atoms with E-state index < -0.39 is 0 Å². The highest BCUT2D eigenvalue weighted by atomic mass is 35.5. The molecule has 1 aliphatic rings. The van der Waals surface area contributed by atoms with Crippen molar-refractivity contribution in [2.45, 2.75) is 13.3 Å². The fourth-order valence-corrected chi connectivity index (χ4v) is 3.49. The zero-order valence-corrected chi connectivity index (χ0v) is 17.5. The molecule has 0 aromatic heterocycles. The minimum Gasteiger partial charge on any atom is -0.493 e. The molecule has 28 heavy (non-hydrogen) atoms. The summed E-state index contributed by atoms with van der Waals surface area (Å²) in [5, 5.41) is 3.92. The van der Waals surface area contributed by atoms with E-state index in [4.69, 9.17) is 27.9 Å². The van der Waals surface area contributed by atoms with Crippen LogP contribution in [0.3, 0.4) is 0 Å². The molecule has 0 aliphatic carbocycles. The van der Waals surface area contributed by atoms with Crippen molar-refractivity contribution in [2.24, 2.45) is 0 Å². The lowest BCUT2D eigenvalue weighted by Gasteiger charge is -2.36. The maximum Gasteiger partial charge on any atom is 0.227 e. The Morgan fingerprint density at radius 3 is 2.54 bits per heavy atom. The minimum atomic E-state index is -0.0836. The zero-order valence-electron chi connectivity index (χ0n) is 16.0. The van der Waals surface area contributed by atoms with Crippen molar-refractivity contribution in [3.05, 3.63) is 52.5 Å². The summed E-state index contributed by atoms with van der Waals surface area (Å²) in [6, 6.07) is 13.0. The SMILES string of the molecule is CCN1CCN(c2ccccc2NC(=O)CCOc2ccc(Cl)c(Cl)c2)CC1. The molecule has 1 saturated heterocycles. The lowest BCUT2D eigenvalue weighted by Crippen LogP contribution is -2.46. The summed E-state index contributed by atoms with van der Waals surface area (Å²) >= 11 is 11.9. The first-order valence-electron chi connectivity index (χ1n) is 9.51. The molecule has 0 saturated carbocycles. The Kier molecular flexibility index (Phi) is 7.43. The zero-order chi connectivity index (χ0) is 19.9. The highest BCUT2D eigenvalue weighted by molar-refractivity contribution is 6.42. The second-order valence-corrected chi connectivity index (χ2v) is 7.48. The highest BCUT2D eigenvalue weighted by Crippen LogP contribution is 2.28. The summed E-state index contributed by atoms with van der Waals surface area (Å²) in [6.07, 6.45) is 0.248. The number of anilines is 2.